The van der Waals surface area contributed by atoms with Gasteiger partial charge in [-0.3, -0.25) is 15.1 Å². The third kappa shape index (κ3) is 7.84. The molecule has 6 nitrogen and oxygen atoms in total. The highest BCUT2D eigenvalue weighted by Crippen LogP contribution is 2.11. The van der Waals surface area contributed by atoms with E-state index in [0.717, 1.165) is 24.5 Å². The van der Waals surface area contributed by atoms with Gasteiger partial charge in [0.25, 0.3) is 5.69 Å². The molecule has 0 saturated carbocycles. The molecule has 0 aromatic heterocycles. The van der Waals surface area contributed by atoms with Crippen molar-refractivity contribution < 1.29 is 4.92 Å². The summed E-state index contributed by atoms with van der Waals surface area (Å²) in [5.41, 5.74) is 1.09. The van der Waals surface area contributed by atoms with Gasteiger partial charge in [-0.1, -0.05) is 31.9 Å². The number of rotatable bonds is 7. The number of nitrogens with one attached hydrogen (secondary N) is 2. The Kier molecular flexibility index (Phi) is 10.6. The lowest BCUT2D eigenvalue weighted by Crippen LogP contribution is -2.37. The topological polar surface area (TPSA) is 79.6 Å². The maximum atomic E-state index is 10.6. The molecule has 0 fully saturated rings. The Labute approximate surface area is 142 Å². The predicted molar refractivity (Wildman–Crippen MR) is 96.2 cm³/mol. The molecule has 0 aliphatic heterocycles. The Morgan fingerprint density at radius 3 is 2.43 bits per heavy atom. The zero-order valence-corrected chi connectivity index (χ0v) is 14.8. The normalized spacial score (nSPS) is 10.7. The van der Waals surface area contributed by atoms with E-state index in [2.05, 4.69) is 22.5 Å². The maximum absolute atomic E-state index is 10.6. The van der Waals surface area contributed by atoms with Gasteiger partial charge in [-0.15, -0.1) is 24.0 Å². The predicted octanol–water partition coefficient (Wildman–Crippen LogP) is 3.07. The molecule has 21 heavy (non-hydrogen) atoms. The largest absolute Gasteiger partial charge is 0.356 e. The minimum atomic E-state index is -0.397. The van der Waals surface area contributed by atoms with E-state index in [0.29, 0.717) is 6.54 Å². The molecular weight excluding hydrogens is 383 g/mol. The molecule has 0 bridgehead atoms. The van der Waals surface area contributed by atoms with Crippen molar-refractivity contribution in [1.82, 2.24) is 10.6 Å². The molecule has 0 aliphatic rings. The average Bonchev–Trinajstić information content (AvgIpc) is 2.47. The Hall–Kier alpha value is -1.38. The lowest BCUT2D eigenvalue weighted by Gasteiger charge is -2.11. The van der Waals surface area contributed by atoms with Crippen LogP contribution in [0.1, 0.15) is 31.7 Å². The minimum Gasteiger partial charge on any atom is -0.356 e. The monoisotopic (exact) mass is 406 g/mol. The molecule has 118 valence electrons. The fourth-order valence-electron chi connectivity index (χ4n) is 1.72. The van der Waals surface area contributed by atoms with Gasteiger partial charge in [0.2, 0.25) is 0 Å². The quantitative estimate of drug-likeness (QED) is 0.182. The zero-order chi connectivity index (χ0) is 14.8. The van der Waals surface area contributed by atoms with Crippen LogP contribution >= 0.6 is 24.0 Å². The molecule has 2 N–H and O–H groups in total. The second-order valence-electron chi connectivity index (χ2n) is 4.48. The van der Waals surface area contributed by atoms with Crippen molar-refractivity contribution in [3.63, 3.8) is 0 Å². The average molecular weight is 406 g/mol. The summed E-state index contributed by atoms with van der Waals surface area (Å²) >= 11 is 0. The number of halogens is 1. The number of unbranched alkanes of at least 4 members (excludes halogenated alkanes) is 2. The molecule has 1 aromatic carbocycles. The second-order valence-corrected chi connectivity index (χ2v) is 4.48. The molecule has 0 aliphatic carbocycles. The Balaban J connectivity index is 0.00000400. The lowest BCUT2D eigenvalue weighted by molar-refractivity contribution is -0.384. The number of aliphatic imine (C=N–C) groups is 1. The van der Waals surface area contributed by atoms with Crippen molar-refractivity contribution in [3.05, 3.63) is 39.9 Å². The molecular formula is C14H23IN4O2. The fourth-order valence-corrected chi connectivity index (χ4v) is 1.72. The molecule has 1 rings (SSSR count). The van der Waals surface area contributed by atoms with Crippen LogP contribution < -0.4 is 10.6 Å². The standard InChI is InChI=1S/C14H22N4O2.HI/c1-3-4-5-10-16-14(15-2)17-11-12-6-8-13(9-7-12)18(19)20;/h6-9H,3-5,10-11H2,1-2H3,(H2,15,16,17);1H. The minimum absolute atomic E-state index is 0. The van der Waals surface area contributed by atoms with E-state index in [9.17, 15) is 10.1 Å². The Morgan fingerprint density at radius 1 is 1.24 bits per heavy atom. The van der Waals surface area contributed by atoms with Crippen molar-refractivity contribution in [2.24, 2.45) is 4.99 Å². The molecule has 0 amide bonds. The van der Waals surface area contributed by atoms with Crippen LogP contribution in [0.3, 0.4) is 0 Å². The summed E-state index contributed by atoms with van der Waals surface area (Å²) in [4.78, 5) is 14.3. The number of hydrogen-bond donors (Lipinski definition) is 2. The van der Waals surface area contributed by atoms with Crippen LogP contribution in [0.5, 0.6) is 0 Å². The van der Waals surface area contributed by atoms with Crippen LogP contribution in [0.15, 0.2) is 29.3 Å². The van der Waals surface area contributed by atoms with Gasteiger partial charge in [0.05, 0.1) is 4.92 Å². The summed E-state index contributed by atoms with van der Waals surface area (Å²) < 4.78 is 0. The number of nitro groups is 1. The van der Waals surface area contributed by atoms with Gasteiger partial charge in [-0.05, 0) is 12.0 Å². The Morgan fingerprint density at radius 2 is 1.90 bits per heavy atom. The highest BCUT2D eigenvalue weighted by Gasteiger charge is 2.04. The smallest absolute Gasteiger partial charge is 0.269 e. The fraction of sp³-hybridized carbons (Fsp3) is 0.500. The van der Waals surface area contributed by atoms with Gasteiger partial charge >= 0.3 is 0 Å². The maximum Gasteiger partial charge on any atom is 0.269 e. The van der Waals surface area contributed by atoms with Crippen molar-refractivity contribution in [2.75, 3.05) is 13.6 Å². The van der Waals surface area contributed by atoms with Gasteiger partial charge in [-0.25, -0.2) is 0 Å². The van der Waals surface area contributed by atoms with E-state index >= 15 is 0 Å². The molecule has 0 heterocycles. The first-order valence-electron chi connectivity index (χ1n) is 6.85. The van der Waals surface area contributed by atoms with Crippen molar-refractivity contribution >= 4 is 35.6 Å². The van der Waals surface area contributed by atoms with E-state index in [-0.39, 0.29) is 29.7 Å². The SMILES string of the molecule is CCCCCNC(=NC)NCc1ccc([N+](=O)[O-])cc1.I. The van der Waals surface area contributed by atoms with E-state index < -0.39 is 4.92 Å². The molecule has 0 spiro atoms. The summed E-state index contributed by atoms with van der Waals surface area (Å²) in [5, 5.41) is 17.0. The van der Waals surface area contributed by atoms with Gasteiger partial charge in [0, 0.05) is 32.3 Å². The lowest BCUT2D eigenvalue weighted by atomic mass is 10.2. The van der Waals surface area contributed by atoms with E-state index in [4.69, 9.17) is 0 Å². The summed E-state index contributed by atoms with van der Waals surface area (Å²) in [6, 6.07) is 6.51. The summed E-state index contributed by atoms with van der Waals surface area (Å²) in [5.74, 6) is 0.749. The van der Waals surface area contributed by atoms with Crippen LogP contribution in [-0.4, -0.2) is 24.5 Å². The van der Waals surface area contributed by atoms with Gasteiger partial charge in [0.1, 0.15) is 0 Å². The van der Waals surface area contributed by atoms with E-state index in [1.807, 2.05) is 0 Å². The van der Waals surface area contributed by atoms with Crippen molar-refractivity contribution in [1.29, 1.82) is 0 Å². The Bertz CT molecular complexity index is 449. The zero-order valence-electron chi connectivity index (χ0n) is 12.5. The molecule has 0 radical (unpaired) electrons. The van der Waals surface area contributed by atoms with Gasteiger partial charge < -0.3 is 10.6 Å². The van der Waals surface area contributed by atoms with E-state index in [1.165, 1.54) is 25.0 Å². The summed E-state index contributed by atoms with van der Waals surface area (Å²) in [6.45, 7) is 3.65. The first-order chi connectivity index (χ1) is 9.67. The van der Waals surface area contributed by atoms with Crippen LogP contribution in [0.4, 0.5) is 5.69 Å². The third-order valence-electron chi connectivity index (χ3n) is 2.90. The summed E-state index contributed by atoms with van der Waals surface area (Å²) in [7, 11) is 1.73. The van der Waals surface area contributed by atoms with Gasteiger partial charge in [0.15, 0.2) is 5.96 Å². The highest BCUT2D eigenvalue weighted by atomic mass is 127. The van der Waals surface area contributed by atoms with Crippen molar-refractivity contribution in [2.45, 2.75) is 32.7 Å². The first kappa shape index (κ1) is 19.6. The van der Waals surface area contributed by atoms with Crippen LogP contribution in [0.25, 0.3) is 0 Å². The first-order valence-corrected chi connectivity index (χ1v) is 6.85. The van der Waals surface area contributed by atoms with Crippen LogP contribution in [0, 0.1) is 10.1 Å². The molecule has 1 aromatic rings. The van der Waals surface area contributed by atoms with Crippen LogP contribution in [0.2, 0.25) is 0 Å². The molecule has 0 saturated heterocycles. The van der Waals surface area contributed by atoms with Gasteiger partial charge in [-0.2, -0.15) is 0 Å². The number of non-ortho nitro benzene ring substituents is 1. The number of nitrogens with zero attached hydrogens (tertiary/aromatic N) is 2. The highest BCUT2D eigenvalue weighted by molar-refractivity contribution is 14.0. The number of nitro benzene ring substituents is 1. The van der Waals surface area contributed by atoms with Crippen molar-refractivity contribution in [3.8, 4) is 0 Å². The second kappa shape index (κ2) is 11.3. The number of hydrogen-bond acceptors (Lipinski definition) is 3. The molecule has 7 heteroatoms. The number of guanidine groups is 1. The van der Waals surface area contributed by atoms with Crippen LogP contribution in [-0.2, 0) is 6.54 Å². The number of benzene rings is 1. The van der Waals surface area contributed by atoms with E-state index in [1.54, 1.807) is 19.2 Å². The molecule has 0 atom stereocenters. The molecule has 0 unspecified atom stereocenters. The third-order valence-corrected chi connectivity index (χ3v) is 2.90. The summed E-state index contributed by atoms with van der Waals surface area (Å²) in [6.07, 6.45) is 3.51.